The van der Waals surface area contributed by atoms with Gasteiger partial charge in [0.25, 0.3) is 0 Å². The van der Waals surface area contributed by atoms with E-state index in [1.807, 2.05) is 17.0 Å². The van der Waals surface area contributed by atoms with E-state index in [0.29, 0.717) is 19.8 Å². The molecule has 0 aliphatic carbocycles. The lowest BCUT2D eigenvalue weighted by Crippen LogP contribution is -2.44. The van der Waals surface area contributed by atoms with Crippen LogP contribution in [-0.4, -0.2) is 61.0 Å². The van der Waals surface area contributed by atoms with E-state index >= 15 is 0 Å². The molecule has 2 amide bonds. The van der Waals surface area contributed by atoms with Gasteiger partial charge in [0.2, 0.25) is 11.8 Å². The summed E-state index contributed by atoms with van der Waals surface area (Å²) in [5.41, 5.74) is 6.52. The van der Waals surface area contributed by atoms with Gasteiger partial charge in [0.1, 0.15) is 0 Å². The first kappa shape index (κ1) is 19.1. The fraction of sp³-hybridized carbons (Fsp3) is 0.619. The van der Waals surface area contributed by atoms with Gasteiger partial charge in [-0.2, -0.15) is 0 Å². The van der Waals surface area contributed by atoms with Crippen molar-refractivity contribution in [3.05, 3.63) is 23.8 Å². The monoisotopic (exact) mass is 387 g/mol. The molecule has 1 aromatic rings. The van der Waals surface area contributed by atoms with Gasteiger partial charge in [-0.05, 0) is 56.5 Å². The summed E-state index contributed by atoms with van der Waals surface area (Å²) in [6.07, 6.45) is 4.34. The van der Waals surface area contributed by atoms with Gasteiger partial charge < -0.3 is 20.1 Å². The Labute approximate surface area is 165 Å². The van der Waals surface area contributed by atoms with Crippen LogP contribution in [0.5, 0.6) is 11.5 Å². The zero-order valence-corrected chi connectivity index (χ0v) is 16.3. The first-order valence-electron chi connectivity index (χ1n) is 10.3. The molecule has 3 aliphatic heterocycles. The fourth-order valence-electron chi connectivity index (χ4n) is 4.46. The predicted octanol–water partition coefficient (Wildman–Crippen LogP) is 1.71. The number of carbonyl (C=O) groups excluding carboxylic acids is 2. The zero-order valence-electron chi connectivity index (χ0n) is 16.3. The Bertz CT molecular complexity index is 730. The second-order valence-corrected chi connectivity index (χ2v) is 7.95. The topological polar surface area (TPSA) is 85.1 Å². The van der Waals surface area contributed by atoms with Crippen molar-refractivity contribution in [3.8, 4) is 11.5 Å². The van der Waals surface area contributed by atoms with Gasteiger partial charge in [-0.25, -0.2) is 0 Å². The number of piperidine rings is 1. The van der Waals surface area contributed by atoms with E-state index in [2.05, 4.69) is 11.0 Å². The normalized spacial score (nSPS) is 23.4. The Morgan fingerprint density at radius 1 is 1.00 bits per heavy atom. The van der Waals surface area contributed by atoms with Gasteiger partial charge in [0.05, 0.1) is 25.8 Å². The standard InChI is InChI=1S/C21H29N3O4/c22-21(26)15-6-9-23(10-7-15)14-20(25)24-8-1-3-17(24)16-4-5-18-19(13-16)28-12-2-11-27-18/h4-5,13,15,17H,1-3,6-12,14H2,(H2,22,26)/t17-/m0/s1. The highest BCUT2D eigenvalue weighted by molar-refractivity contribution is 5.79. The molecule has 152 valence electrons. The van der Waals surface area contributed by atoms with Crippen LogP contribution in [-0.2, 0) is 9.59 Å². The van der Waals surface area contributed by atoms with Gasteiger partial charge in [-0.3, -0.25) is 14.5 Å². The van der Waals surface area contributed by atoms with Gasteiger partial charge >= 0.3 is 0 Å². The second-order valence-electron chi connectivity index (χ2n) is 7.95. The predicted molar refractivity (Wildman–Crippen MR) is 104 cm³/mol. The van der Waals surface area contributed by atoms with Crippen LogP contribution in [0.2, 0.25) is 0 Å². The summed E-state index contributed by atoms with van der Waals surface area (Å²) in [6.45, 7) is 4.03. The molecule has 1 atom stereocenters. The Kier molecular flexibility index (Phi) is 5.71. The molecular weight excluding hydrogens is 358 g/mol. The van der Waals surface area contributed by atoms with Crippen molar-refractivity contribution in [1.29, 1.82) is 0 Å². The van der Waals surface area contributed by atoms with Crippen LogP contribution < -0.4 is 15.2 Å². The third kappa shape index (κ3) is 4.09. The molecule has 0 spiro atoms. The molecule has 4 rings (SSSR count). The lowest BCUT2D eigenvalue weighted by atomic mass is 9.96. The van der Waals surface area contributed by atoms with E-state index in [1.54, 1.807) is 0 Å². The average Bonchev–Trinajstić information content (AvgIpc) is 3.07. The maximum Gasteiger partial charge on any atom is 0.237 e. The van der Waals surface area contributed by atoms with Crippen LogP contribution in [0.4, 0.5) is 0 Å². The van der Waals surface area contributed by atoms with Crippen molar-refractivity contribution < 1.29 is 19.1 Å². The van der Waals surface area contributed by atoms with E-state index < -0.39 is 0 Å². The van der Waals surface area contributed by atoms with Crippen LogP contribution in [0.1, 0.15) is 43.7 Å². The lowest BCUT2D eigenvalue weighted by molar-refractivity contribution is -0.133. The van der Waals surface area contributed by atoms with Crippen LogP contribution in [0.15, 0.2) is 18.2 Å². The molecule has 0 bridgehead atoms. The number of nitrogens with zero attached hydrogens (tertiary/aromatic N) is 2. The summed E-state index contributed by atoms with van der Waals surface area (Å²) in [4.78, 5) is 28.5. The molecule has 7 heteroatoms. The Morgan fingerprint density at radius 2 is 1.75 bits per heavy atom. The number of fused-ring (bicyclic) bond motifs is 1. The van der Waals surface area contributed by atoms with E-state index in [0.717, 1.165) is 68.8 Å². The first-order chi connectivity index (χ1) is 13.6. The molecule has 3 aliphatic rings. The van der Waals surface area contributed by atoms with Crippen molar-refractivity contribution >= 4 is 11.8 Å². The van der Waals surface area contributed by atoms with Gasteiger partial charge in [-0.15, -0.1) is 0 Å². The summed E-state index contributed by atoms with van der Waals surface area (Å²) >= 11 is 0. The maximum atomic E-state index is 13.0. The number of carbonyl (C=O) groups is 2. The minimum Gasteiger partial charge on any atom is -0.490 e. The summed E-state index contributed by atoms with van der Waals surface area (Å²) < 4.78 is 11.5. The van der Waals surface area contributed by atoms with Crippen LogP contribution in [0.3, 0.4) is 0 Å². The highest BCUT2D eigenvalue weighted by Gasteiger charge is 2.32. The molecule has 0 unspecified atom stereocenters. The van der Waals surface area contributed by atoms with E-state index in [4.69, 9.17) is 15.2 Å². The van der Waals surface area contributed by atoms with E-state index in [-0.39, 0.29) is 23.8 Å². The van der Waals surface area contributed by atoms with Crippen LogP contribution in [0.25, 0.3) is 0 Å². The average molecular weight is 387 g/mol. The van der Waals surface area contributed by atoms with E-state index in [9.17, 15) is 9.59 Å². The summed E-state index contributed by atoms with van der Waals surface area (Å²) in [7, 11) is 0. The number of hydrogen-bond donors (Lipinski definition) is 1. The molecule has 0 saturated carbocycles. The molecule has 0 aromatic heterocycles. The third-order valence-corrected chi connectivity index (χ3v) is 6.08. The molecule has 7 nitrogen and oxygen atoms in total. The van der Waals surface area contributed by atoms with Crippen molar-refractivity contribution in [2.75, 3.05) is 39.4 Å². The maximum absolute atomic E-state index is 13.0. The number of ether oxygens (including phenoxy) is 2. The lowest BCUT2D eigenvalue weighted by Gasteiger charge is -2.32. The summed E-state index contributed by atoms with van der Waals surface area (Å²) in [5.74, 6) is 1.46. The quantitative estimate of drug-likeness (QED) is 0.850. The fourth-order valence-corrected chi connectivity index (χ4v) is 4.46. The molecule has 2 fully saturated rings. The Balaban J connectivity index is 1.40. The van der Waals surface area contributed by atoms with Gasteiger partial charge in [-0.1, -0.05) is 6.07 Å². The SMILES string of the molecule is NC(=O)C1CCN(CC(=O)N2CCC[C@H]2c2ccc3c(c2)OCCCO3)CC1. The first-order valence-corrected chi connectivity index (χ1v) is 10.3. The number of hydrogen-bond acceptors (Lipinski definition) is 5. The van der Waals surface area contributed by atoms with Crippen molar-refractivity contribution in [3.63, 3.8) is 0 Å². The van der Waals surface area contributed by atoms with Gasteiger partial charge in [0, 0.05) is 18.9 Å². The summed E-state index contributed by atoms with van der Waals surface area (Å²) in [5, 5.41) is 0. The minimum atomic E-state index is -0.222. The Hall–Kier alpha value is -2.28. The second kappa shape index (κ2) is 8.39. The molecule has 2 saturated heterocycles. The highest BCUT2D eigenvalue weighted by atomic mass is 16.5. The third-order valence-electron chi connectivity index (χ3n) is 6.08. The van der Waals surface area contributed by atoms with Crippen LogP contribution >= 0.6 is 0 Å². The molecular formula is C21H29N3O4. The smallest absolute Gasteiger partial charge is 0.237 e. The number of likely N-dealkylation sites (tertiary alicyclic amines) is 2. The van der Waals surface area contributed by atoms with Crippen molar-refractivity contribution in [2.24, 2.45) is 11.7 Å². The Morgan fingerprint density at radius 3 is 2.50 bits per heavy atom. The number of primary amides is 1. The molecule has 28 heavy (non-hydrogen) atoms. The van der Waals surface area contributed by atoms with Gasteiger partial charge in [0.15, 0.2) is 11.5 Å². The molecule has 2 N–H and O–H groups in total. The zero-order chi connectivity index (χ0) is 19.5. The van der Waals surface area contributed by atoms with Crippen molar-refractivity contribution in [1.82, 2.24) is 9.80 Å². The number of benzene rings is 1. The number of amides is 2. The number of rotatable bonds is 4. The number of nitrogens with two attached hydrogens (primary N) is 1. The molecule has 3 heterocycles. The molecule has 1 aromatic carbocycles. The highest BCUT2D eigenvalue weighted by Crippen LogP contribution is 2.38. The van der Waals surface area contributed by atoms with Crippen LogP contribution in [0, 0.1) is 5.92 Å². The van der Waals surface area contributed by atoms with Crippen molar-refractivity contribution in [2.45, 2.75) is 38.1 Å². The van der Waals surface area contributed by atoms with E-state index in [1.165, 1.54) is 0 Å². The largest absolute Gasteiger partial charge is 0.490 e. The molecule has 0 radical (unpaired) electrons. The minimum absolute atomic E-state index is 0.0484. The summed E-state index contributed by atoms with van der Waals surface area (Å²) in [6, 6.07) is 6.15.